The van der Waals surface area contributed by atoms with Gasteiger partial charge in [0.2, 0.25) is 0 Å². The molecule has 0 spiro atoms. The average Bonchev–Trinajstić information content (AvgIpc) is 2.91. The van der Waals surface area contributed by atoms with E-state index >= 15 is 0 Å². The molecule has 2 aliphatic rings. The summed E-state index contributed by atoms with van der Waals surface area (Å²) in [4.78, 5) is 21.3. The van der Waals surface area contributed by atoms with Gasteiger partial charge in [-0.1, -0.05) is 24.3 Å². The van der Waals surface area contributed by atoms with Gasteiger partial charge in [-0.3, -0.25) is 14.7 Å². The Balaban J connectivity index is 1.23. The first-order valence-electron chi connectivity index (χ1n) is 9.87. The molecule has 1 aromatic heterocycles. The van der Waals surface area contributed by atoms with Gasteiger partial charge in [0.15, 0.2) is 0 Å². The number of hydrogen-bond acceptors (Lipinski definition) is 4. The summed E-state index contributed by atoms with van der Waals surface area (Å²) in [7, 11) is 0. The summed E-state index contributed by atoms with van der Waals surface area (Å²) in [6, 6.07) is 13.5. The molecule has 28 heavy (non-hydrogen) atoms. The minimum Gasteiger partial charge on any atom is -0.463 e. The Labute approximate surface area is 165 Å². The second-order valence-electron chi connectivity index (χ2n) is 7.10. The molecule has 5 nitrogen and oxygen atoms in total. The van der Waals surface area contributed by atoms with Crippen LogP contribution < -0.4 is 4.74 Å². The summed E-state index contributed by atoms with van der Waals surface area (Å²) >= 11 is 0. The van der Waals surface area contributed by atoms with Gasteiger partial charge in [-0.05, 0) is 55.6 Å². The molecule has 1 aromatic carbocycles. The van der Waals surface area contributed by atoms with Crippen LogP contribution in [0.25, 0.3) is 5.57 Å². The van der Waals surface area contributed by atoms with Crippen molar-refractivity contribution in [3.05, 3.63) is 78.5 Å². The van der Waals surface area contributed by atoms with Gasteiger partial charge in [0.25, 0.3) is 5.91 Å². The normalized spacial score (nSPS) is 16.9. The molecule has 0 atom stereocenters. The monoisotopic (exact) mass is 375 g/mol. The molecule has 3 heterocycles. The number of unbranched alkanes of at least 4 members (excludes halogenated alkanes) is 1. The Morgan fingerprint density at radius 2 is 1.89 bits per heavy atom. The van der Waals surface area contributed by atoms with Crippen molar-refractivity contribution in [1.82, 2.24) is 14.8 Å². The lowest BCUT2D eigenvalue weighted by molar-refractivity contribution is 0.0821. The molecule has 0 saturated heterocycles. The molecule has 2 aromatic rings. The van der Waals surface area contributed by atoms with Crippen LogP contribution in [-0.2, 0) is 0 Å². The van der Waals surface area contributed by atoms with Crippen molar-refractivity contribution in [2.24, 2.45) is 0 Å². The molecular formula is C23H25N3O2. The molecule has 2 aliphatic heterocycles. The van der Waals surface area contributed by atoms with Gasteiger partial charge in [0, 0.05) is 32.0 Å². The molecule has 0 fully saturated rings. The number of rotatable bonds is 6. The standard InChI is InChI=1S/C23H25N3O2/c27-23-20-7-1-2-9-22(20)28-18-17-26(23)14-6-5-13-25-15-10-19(11-16-25)21-8-3-4-12-24-21/h1-4,7-10,12,17-18H,5-6,11,13-16H2. The summed E-state index contributed by atoms with van der Waals surface area (Å²) < 4.78 is 5.53. The number of amides is 1. The Morgan fingerprint density at radius 1 is 1.04 bits per heavy atom. The zero-order valence-corrected chi connectivity index (χ0v) is 16.0. The lowest BCUT2D eigenvalue weighted by Crippen LogP contribution is -2.31. The third kappa shape index (κ3) is 4.31. The summed E-state index contributed by atoms with van der Waals surface area (Å²) in [5, 5.41) is 0. The van der Waals surface area contributed by atoms with E-state index in [1.807, 2.05) is 42.6 Å². The molecule has 0 saturated carbocycles. The van der Waals surface area contributed by atoms with Crippen LogP contribution in [0.4, 0.5) is 0 Å². The number of hydrogen-bond donors (Lipinski definition) is 0. The second kappa shape index (κ2) is 8.85. The zero-order valence-electron chi connectivity index (χ0n) is 16.0. The predicted molar refractivity (Wildman–Crippen MR) is 110 cm³/mol. The van der Waals surface area contributed by atoms with E-state index in [1.165, 1.54) is 5.57 Å². The number of nitrogens with zero attached hydrogens (tertiary/aromatic N) is 3. The summed E-state index contributed by atoms with van der Waals surface area (Å²) in [5.41, 5.74) is 3.06. The van der Waals surface area contributed by atoms with Crippen LogP contribution in [0.3, 0.4) is 0 Å². The number of fused-ring (bicyclic) bond motifs is 1. The Bertz CT molecular complexity index is 876. The zero-order chi connectivity index (χ0) is 19.2. The van der Waals surface area contributed by atoms with Gasteiger partial charge in [-0.25, -0.2) is 0 Å². The summed E-state index contributed by atoms with van der Waals surface area (Å²) in [6.45, 7) is 3.78. The highest BCUT2D eigenvalue weighted by Gasteiger charge is 2.20. The number of pyridine rings is 1. The Hall–Kier alpha value is -2.92. The number of carbonyl (C=O) groups is 1. The highest BCUT2D eigenvalue weighted by molar-refractivity contribution is 5.97. The first kappa shape index (κ1) is 18.4. The van der Waals surface area contributed by atoms with Crippen molar-refractivity contribution in [3.8, 4) is 5.75 Å². The third-order valence-corrected chi connectivity index (χ3v) is 5.22. The second-order valence-corrected chi connectivity index (χ2v) is 7.10. The fourth-order valence-corrected chi connectivity index (χ4v) is 3.64. The van der Waals surface area contributed by atoms with E-state index in [0.29, 0.717) is 17.9 Å². The van der Waals surface area contributed by atoms with Gasteiger partial charge in [0.05, 0.1) is 11.3 Å². The molecule has 1 amide bonds. The number of aromatic nitrogens is 1. The van der Waals surface area contributed by atoms with Crippen LogP contribution >= 0.6 is 0 Å². The lowest BCUT2D eigenvalue weighted by atomic mass is 10.0. The largest absolute Gasteiger partial charge is 0.463 e. The first-order valence-corrected chi connectivity index (χ1v) is 9.87. The lowest BCUT2D eigenvalue weighted by Gasteiger charge is -2.26. The van der Waals surface area contributed by atoms with Crippen molar-refractivity contribution >= 4 is 11.5 Å². The van der Waals surface area contributed by atoms with Crippen LogP contribution in [0, 0.1) is 0 Å². The fourth-order valence-electron chi connectivity index (χ4n) is 3.64. The SMILES string of the molecule is O=C1c2ccccc2OC=CN1CCCCN1CC=C(c2ccccn2)CC1. The van der Waals surface area contributed by atoms with Gasteiger partial charge in [0.1, 0.15) is 12.0 Å². The van der Waals surface area contributed by atoms with Gasteiger partial charge >= 0.3 is 0 Å². The van der Waals surface area contributed by atoms with Gasteiger partial charge in [-0.15, -0.1) is 0 Å². The van der Waals surface area contributed by atoms with Crippen LogP contribution in [0.1, 0.15) is 35.3 Å². The number of benzene rings is 1. The molecule has 0 radical (unpaired) electrons. The molecule has 0 unspecified atom stereocenters. The average molecular weight is 375 g/mol. The van der Waals surface area contributed by atoms with Crippen molar-refractivity contribution in [2.45, 2.75) is 19.3 Å². The van der Waals surface area contributed by atoms with Gasteiger partial charge < -0.3 is 9.64 Å². The predicted octanol–water partition coefficient (Wildman–Crippen LogP) is 3.96. The molecule has 144 valence electrons. The quantitative estimate of drug-likeness (QED) is 0.717. The maximum absolute atomic E-state index is 12.7. The highest BCUT2D eigenvalue weighted by atomic mass is 16.5. The molecule has 0 aliphatic carbocycles. The van der Waals surface area contributed by atoms with E-state index in [4.69, 9.17) is 4.74 Å². The van der Waals surface area contributed by atoms with Crippen LogP contribution in [0.5, 0.6) is 5.75 Å². The third-order valence-electron chi connectivity index (χ3n) is 5.22. The first-order chi connectivity index (χ1) is 13.8. The van der Waals surface area contributed by atoms with E-state index in [-0.39, 0.29) is 5.91 Å². The topological polar surface area (TPSA) is 45.7 Å². The summed E-state index contributed by atoms with van der Waals surface area (Å²) in [5.74, 6) is 0.625. The van der Waals surface area contributed by atoms with Gasteiger partial charge in [-0.2, -0.15) is 0 Å². The van der Waals surface area contributed by atoms with E-state index in [9.17, 15) is 4.79 Å². The maximum atomic E-state index is 12.7. The highest BCUT2D eigenvalue weighted by Crippen LogP contribution is 2.23. The molecule has 4 rings (SSSR count). The molecule has 0 N–H and O–H groups in total. The minimum atomic E-state index is 0.00487. The number of carbonyl (C=O) groups excluding carboxylic acids is 1. The van der Waals surface area contributed by atoms with E-state index in [0.717, 1.165) is 44.6 Å². The van der Waals surface area contributed by atoms with Crippen LogP contribution in [0.15, 0.2) is 67.2 Å². The van der Waals surface area contributed by atoms with Crippen LogP contribution in [0.2, 0.25) is 0 Å². The minimum absolute atomic E-state index is 0.00487. The van der Waals surface area contributed by atoms with Crippen molar-refractivity contribution in [3.63, 3.8) is 0 Å². The van der Waals surface area contributed by atoms with E-state index in [2.05, 4.69) is 22.0 Å². The summed E-state index contributed by atoms with van der Waals surface area (Å²) in [6.07, 6.45) is 10.5. The number of ether oxygens (including phenoxy) is 1. The fraction of sp³-hybridized carbons (Fsp3) is 0.304. The number of para-hydroxylation sites is 1. The maximum Gasteiger partial charge on any atom is 0.261 e. The van der Waals surface area contributed by atoms with Crippen molar-refractivity contribution in [1.29, 1.82) is 0 Å². The van der Waals surface area contributed by atoms with Crippen molar-refractivity contribution < 1.29 is 9.53 Å². The smallest absolute Gasteiger partial charge is 0.261 e. The van der Waals surface area contributed by atoms with E-state index in [1.54, 1.807) is 17.4 Å². The Kier molecular flexibility index (Phi) is 5.83. The Morgan fingerprint density at radius 3 is 2.71 bits per heavy atom. The van der Waals surface area contributed by atoms with E-state index < -0.39 is 0 Å². The molecule has 5 heteroatoms. The molecule has 0 bridgehead atoms. The molecular weight excluding hydrogens is 350 g/mol. The van der Waals surface area contributed by atoms with Crippen molar-refractivity contribution in [2.75, 3.05) is 26.2 Å². The van der Waals surface area contributed by atoms with Crippen LogP contribution in [-0.4, -0.2) is 46.9 Å².